The highest BCUT2D eigenvalue weighted by atomic mass is 19.4. The summed E-state index contributed by atoms with van der Waals surface area (Å²) in [4.78, 5) is 13.4. The molecule has 0 unspecified atom stereocenters. The Balaban J connectivity index is 1.33. The van der Waals surface area contributed by atoms with E-state index in [1.54, 1.807) is 4.68 Å². The Hall–Kier alpha value is -2.16. The smallest absolute Gasteiger partial charge is 0.416 e. The number of hydrogen-bond acceptors (Lipinski definition) is 4. The van der Waals surface area contributed by atoms with Crippen molar-refractivity contribution in [2.75, 3.05) is 19.6 Å². The summed E-state index contributed by atoms with van der Waals surface area (Å²) in [7, 11) is 0. The van der Waals surface area contributed by atoms with E-state index in [2.05, 4.69) is 10.3 Å². The quantitative estimate of drug-likeness (QED) is 0.786. The topological polar surface area (TPSA) is 61.5 Å². The van der Waals surface area contributed by atoms with Crippen LogP contribution in [0, 0.1) is 0 Å². The second-order valence-corrected chi connectivity index (χ2v) is 8.14. The van der Waals surface area contributed by atoms with Crippen LogP contribution in [0.15, 0.2) is 18.2 Å². The van der Waals surface area contributed by atoms with Gasteiger partial charge in [-0.15, -0.1) is 5.10 Å². The molecule has 4 rings (SSSR count). The molecule has 2 heterocycles. The number of likely N-dealkylation sites (tertiary alicyclic amines) is 1. The highest BCUT2D eigenvalue weighted by molar-refractivity contribution is 5.75. The zero-order valence-electron chi connectivity index (χ0n) is 16.2. The second-order valence-electron chi connectivity index (χ2n) is 8.14. The molecule has 0 spiro atoms. The Morgan fingerprint density at radius 3 is 2.55 bits per heavy atom. The Morgan fingerprint density at radius 2 is 1.86 bits per heavy atom. The number of halogens is 3. The molecule has 2 aliphatic rings. The SMILES string of the molecule is O=C(C[NH+]1CCC(n2nnc3cc(C(F)(F)F)ccc32)CC1)OC1CCCCC1. The molecule has 6 nitrogen and oxygen atoms in total. The van der Waals surface area contributed by atoms with Crippen molar-refractivity contribution in [3.05, 3.63) is 23.8 Å². The van der Waals surface area contributed by atoms with Gasteiger partial charge >= 0.3 is 12.1 Å². The number of benzene rings is 1. The van der Waals surface area contributed by atoms with Crippen LogP contribution in [-0.4, -0.2) is 46.7 Å². The van der Waals surface area contributed by atoms with Crippen LogP contribution < -0.4 is 4.90 Å². The van der Waals surface area contributed by atoms with Gasteiger partial charge in [-0.25, -0.2) is 9.48 Å². The molecule has 0 amide bonds. The lowest BCUT2D eigenvalue weighted by molar-refractivity contribution is -0.898. The summed E-state index contributed by atoms with van der Waals surface area (Å²) in [6.45, 7) is 1.97. The summed E-state index contributed by atoms with van der Waals surface area (Å²) in [5.74, 6) is -0.128. The number of quaternary nitrogens is 1. The molecular formula is C20H26F3N4O2+. The van der Waals surface area contributed by atoms with Gasteiger partial charge < -0.3 is 9.64 Å². The Labute approximate surface area is 167 Å². The summed E-state index contributed by atoms with van der Waals surface area (Å²) in [5, 5.41) is 8.04. The largest absolute Gasteiger partial charge is 0.458 e. The number of carbonyl (C=O) groups excluding carboxylic acids is 1. The maximum absolute atomic E-state index is 12.9. The fraction of sp³-hybridized carbons (Fsp3) is 0.650. The number of nitrogens with zero attached hydrogens (tertiary/aromatic N) is 3. The molecule has 1 aromatic carbocycles. The zero-order valence-corrected chi connectivity index (χ0v) is 16.2. The summed E-state index contributed by atoms with van der Waals surface area (Å²) in [5.41, 5.74) is 0.154. The van der Waals surface area contributed by atoms with Crippen LogP contribution in [0.1, 0.15) is 56.6 Å². The minimum Gasteiger partial charge on any atom is -0.458 e. The minimum atomic E-state index is -4.39. The number of fused-ring (bicyclic) bond motifs is 1. The van der Waals surface area contributed by atoms with Gasteiger partial charge in [0.25, 0.3) is 0 Å². The average molecular weight is 411 g/mol. The zero-order chi connectivity index (χ0) is 20.4. The molecule has 2 aromatic rings. The predicted octanol–water partition coefficient (Wildman–Crippen LogP) is 2.55. The third kappa shape index (κ3) is 4.71. The van der Waals surface area contributed by atoms with E-state index in [0.717, 1.165) is 63.7 Å². The molecule has 1 aliphatic carbocycles. The van der Waals surface area contributed by atoms with Crippen molar-refractivity contribution in [1.29, 1.82) is 0 Å². The van der Waals surface area contributed by atoms with Gasteiger partial charge in [0.15, 0.2) is 6.54 Å². The molecule has 1 aliphatic heterocycles. The Morgan fingerprint density at radius 1 is 1.14 bits per heavy atom. The number of nitrogens with one attached hydrogen (secondary N) is 1. The van der Waals surface area contributed by atoms with Gasteiger partial charge in [-0.2, -0.15) is 13.2 Å². The van der Waals surface area contributed by atoms with E-state index < -0.39 is 11.7 Å². The van der Waals surface area contributed by atoms with Gasteiger partial charge in [0.1, 0.15) is 11.6 Å². The highest BCUT2D eigenvalue weighted by Crippen LogP contribution is 2.31. The normalized spacial score (nSPS) is 24.0. The van der Waals surface area contributed by atoms with Crippen LogP contribution in [0.5, 0.6) is 0 Å². The number of alkyl halides is 3. The predicted molar refractivity (Wildman–Crippen MR) is 99.3 cm³/mol. The average Bonchev–Trinajstić information content (AvgIpc) is 3.12. The molecule has 9 heteroatoms. The van der Waals surface area contributed by atoms with Crippen LogP contribution in [-0.2, 0) is 15.7 Å². The Kier molecular flexibility index (Phi) is 5.76. The first-order chi connectivity index (χ1) is 13.9. The van der Waals surface area contributed by atoms with Crippen LogP contribution in [0.2, 0.25) is 0 Å². The molecule has 1 saturated carbocycles. The van der Waals surface area contributed by atoms with E-state index in [-0.39, 0.29) is 23.6 Å². The fourth-order valence-corrected chi connectivity index (χ4v) is 4.43. The monoisotopic (exact) mass is 411 g/mol. The first-order valence-corrected chi connectivity index (χ1v) is 10.4. The molecule has 1 aromatic heterocycles. The van der Waals surface area contributed by atoms with Crippen LogP contribution in [0.25, 0.3) is 11.0 Å². The van der Waals surface area contributed by atoms with E-state index in [9.17, 15) is 18.0 Å². The lowest BCUT2D eigenvalue weighted by atomic mass is 9.98. The number of piperidine rings is 1. The molecule has 2 fully saturated rings. The summed E-state index contributed by atoms with van der Waals surface area (Å²) in [6, 6.07) is 3.64. The van der Waals surface area contributed by atoms with Gasteiger partial charge in [-0.3, -0.25) is 0 Å². The maximum Gasteiger partial charge on any atom is 0.416 e. The Bertz CT molecular complexity index is 853. The number of esters is 1. The number of hydrogen-bond donors (Lipinski definition) is 1. The van der Waals surface area contributed by atoms with Crippen molar-refractivity contribution in [3.63, 3.8) is 0 Å². The molecule has 29 heavy (non-hydrogen) atoms. The maximum atomic E-state index is 12.9. The number of aromatic nitrogens is 3. The van der Waals surface area contributed by atoms with E-state index in [1.165, 1.54) is 17.4 Å². The second kappa shape index (κ2) is 8.30. The molecule has 0 bridgehead atoms. The van der Waals surface area contributed by atoms with Crippen molar-refractivity contribution < 1.29 is 27.6 Å². The van der Waals surface area contributed by atoms with Crippen molar-refractivity contribution in [1.82, 2.24) is 15.0 Å². The highest BCUT2D eigenvalue weighted by Gasteiger charge is 2.32. The summed E-state index contributed by atoms with van der Waals surface area (Å²) in [6.07, 6.45) is 2.71. The number of carbonyl (C=O) groups is 1. The number of rotatable bonds is 4. The molecule has 0 atom stereocenters. The number of ether oxygens (including phenoxy) is 1. The first kappa shape index (κ1) is 20.1. The molecular weight excluding hydrogens is 385 g/mol. The van der Waals surface area contributed by atoms with E-state index in [4.69, 9.17) is 4.74 Å². The van der Waals surface area contributed by atoms with E-state index in [0.29, 0.717) is 12.1 Å². The van der Waals surface area contributed by atoms with Gasteiger partial charge in [0.2, 0.25) is 0 Å². The molecule has 1 saturated heterocycles. The van der Waals surface area contributed by atoms with Crippen molar-refractivity contribution in [2.24, 2.45) is 0 Å². The minimum absolute atomic E-state index is 0.0786. The van der Waals surface area contributed by atoms with Crippen molar-refractivity contribution >= 4 is 17.0 Å². The van der Waals surface area contributed by atoms with E-state index in [1.807, 2.05) is 0 Å². The fourth-order valence-electron chi connectivity index (χ4n) is 4.43. The molecule has 158 valence electrons. The third-order valence-corrected chi connectivity index (χ3v) is 6.05. The lowest BCUT2D eigenvalue weighted by Gasteiger charge is -2.29. The van der Waals surface area contributed by atoms with Gasteiger partial charge in [-0.1, -0.05) is 11.6 Å². The third-order valence-electron chi connectivity index (χ3n) is 6.05. The standard InChI is InChI=1S/C20H25F3N4O2/c21-20(22,23)14-6-7-18-17(12-14)24-25-27(18)15-8-10-26(11-9-15)13-19(28)29-16-4-2-1-3-5-16/h6-7,12,15-16H,1-5,8-11,13H2/p+1. The van der Waals surface area contributed by atoms with E-state index >= 15 is 0 Å². The molecule has 0 radical (unpaired) electrons. The van der Waals surface area contributed by atoms with Gasteiger partial charge in [-0.05, 0) is 43.9 Å². The van der Waals surface area contributed by atoms with Crippen molar-refractivity contribution in [3.8, 4) is 0 Å². The van der Waals surface area contributed by atoms with Crippen LogP contribution in [0.3, 0.4) is 0 Å². The van der Waals surface area contributed by atoms with Crippen molar-refractivity contribution in [2.45, 2.75) is 63.3 Å². The van der Waals surface area contributed by atoms with Gasteiger partial charge in [0.05, 0.1) is 30.2 Å². The van der Waals surface area contributed by atoms with Crippen LogP contribution in [0.4, 0.5) is 13.2 Å². The molecule has 1 N–H and O–H groups in total. The lowest BCUT2D eigenvalue weighted by Crippen LogP contribution is -3.14. The van der Waals surface area contributed by atoms with Crippen LogP contribution >= 0.6 is 0 Å². The summed E-state index contributed by atoms with van der Waals surface area (Å²) < 4.78 is 46.0. The first-order valence-electron chi connectivity index (χ1n) is 10.4. The van der Waals surface area contributed by atoms with Gasteiger partial charge in [0, 0.05) is 12.8 Å². The summed E-state index contributed by atoms with van der Waals surface area (Å²) >= 11 is 0.